The second kappa shape index (κ2) is 8.22. The van der Waals surface area contributed by atoms with E-state index in [4.69, 9.17) is 5.10 Å². The Balaban J connectivity index is 2.12. The number of rotatable bonds is 5. The molecule has 29 heavy (non-hydrogen) atoms. The number of nitrogens with one attached hydrogen (secondary N) is 1. The van der Waals surface area contributed by atoms with Crippen molar-refractivity contribution in [2.45, 2.75) is 72.3 Å². The van der Waals surface area contributed by atoms with Gasteiger partial charge in [0, 0.05) is 23.9 Å². The molecule has 1 aliphatic rings. The third kappa shape index (κ3) is 4.20. The normalized spacial score (nSPS) is 20.4. The summed E-state index contributed by atoms with van der Waals surface area (Å²) in [7, 11) is 0. The number of nitrogens with zero attached hydrogens (tertiary/aromatic N) is 4. The highest BCUT2D eigenvalue weighted by atomic mass is 16.3. The van der Waals surface area contributed by atoms with Crippen molar-refractivity contribution in [2.24, 2.45) is 11.3 Å². The van der Waals surface area contributed by atoms with Gasteiger partial charge in [0.2, 0.25) is 0 Å². The van der Waals surface area contributed by atoms with Gasteiger partial charge in [0.15, 0.2) is 11.5 Å². The maximum Gasteiger partial charge on any atom is 0.272 e. The van der Waals surface area contributed by atoms with Crippen LogP contribution < -0.4 is 5.32 Å². The lowest BCUT2D eigenvalue weighted by Gasteiger charge is -2.31. The van der Waals surface area contributed by atoms with Gasteiger partial charge in [0.25, 0.3) is 5.91 Å². The quantitative estimate of drug-likeness (QED) is 0.803. The molecule has 0 saturated carbocycles. The fraction of sp³-hybridized carbons (Fsp3) is 0.636. The molecule has 2 aromatic rings. The van der Waals surface area contributed by atoms with Crippen LogP contribution in [0.3, 0.4) is 0 Å². The monoisotopic (exact) mass is 399 g/mol. The number of amides is 1. The molecule has 0 spiro atoms. The molecule has 2 aromatic heterocycles. The number of hydrogen-bond donors (Lipinski definition) is 2. The Bertz CT molecular complexity index is 854. The van der Waals surface area contributed by atoms with Gasteiger partial charge in [-0.15, -0.1) is 0 Å². The average molecular weight is 400 g/mol. The number of aliphatic hydroxyl groups is 1. The Labute approximate surface area is 173 Å². The summed E-state index contributed by atoms with van der Waals surface area (Å²) >= 11 is 0. The van der Waals surface area contributed by atoms with Gasteiger partial charge < -0.3 is 10.4 Å². The molecule has 2 N–H and O–H groups in total. The van der Waals surface area contributed by atoms with Gasteiger partial charge in [-0.25, -0.2) is 9.67 Å². The fourth-order valence-electron chi connectivity index (χ4n) is 4.15. The van der Waals surface area contributed by atoms with Crippen molar-refractivity contribution in [2.75, 3.05) is 6.61 Å². The molecule has 158 valence electrons. The molecule has 0 aromatic carbocycles. The molecule has 7 heteroatoms. The van der Waals surface area contributed by atoms with Crippen LogP contribution in [0.15, 0.2) is 18.6 Å². The van der Waals surface area contributed by atoms with Crippen LogP contribution in [0.2, 0.25) is 0 Å². The summed E-state index contributed by atoms with van der Waals surface area (Å²) in [4.78, 5) is 21.9. The molecule has 0 radical (unpaired) electrons. The highest BCUT2D eigenvalue weighted by molar-refractivity contribution is 5.94. The van der Waals surface area contributed by atoms with Crippen LogP contribution in [0.25, 0.3) is 5.82 Å². The van der Waals surface area contributed by atoms with E-state index >= 15 is 0 Å². The van der Waals surface area contributed by atoms with Crippen LogP contribution in [0.5, 0.6) is 0 Å². The minimum atomic E-state index is -0.355. The summed E-state index contributed by atoms with van der Waals surface area (Å²) in [6.45, 7) is 12.4. The molecular formula is C22H33N5O2. The number of hydrogen-bond acceptors (Lipinski definition) is 5. The Kier molecular flexibility index (Phi) is 6.08. The van der Waals surface area contributed by atoms with E-state index in [0.29, 0.717) is 23.3 Å². The number of aromatic nitrogens is 4. The molecule has 1 aliphatic carbocycles. The SMILES string of the molecule is CC(C)C1CC[C@@H](C)c2c(C(=O)N[C@H](CO)C(C)(C)C)nn(-c3cnccn3)c21. The van der Waals surface area contributed by atoms with Crippen molar-refractivity contribution in [3.05, 3.63) is 35.5 Å². The Morgan fingerprint density at radius 3 is 2.59 bits per heavy atom. The van der Waals surface area contributed by atoms with E-state index in [1.807, 2.05) is 25.5 Å². The van der Waals surface area contributed by atoms with E-state index in [2.05, 4.69) is 36.1 Å². The van der Waals surface area contributed by atoms with Crippen molar-refractivity contribution in [3.8, 4) is 5.82 Å². The van der Waals surface area contributed by atoms with Crippen LogP contribution in [-0.2, 0) is 0 Å². The summed E-state index contributed by atoms with van der Waals surface area (Å²) < 4.78 is 1.81. The second-order valence-corrected chi connectivity index (χ2v) is 9.53. The number of carbonyl (C=O) groups is 1. The first-order valence-electron chi connectivity index (χ1n) is 10.5. The Morgan fingerprint density at radius 1 is 1.31 bits per heavy atom. The summed E-state index contributed by atoms with van der Waals surface area (Å²) in [5.74, 6) is 1.33. The van der Waals surface area contributed by atoms with Gasteiger partial charge in [-0.05, 0) is 30.1 Å². The predicted molar refractivity (Wildman–Crippen MR) is 112 cm³/mol. The van der Waals surface area contributed by atoms with Crippen molar-refractivity contribution in [1.82, 2.24) is 25.1 Å². The zero-order valence-corrected chi connectivity index (χ0v) is 18.3. The number of carbonyl (C=O) groups excluding carboxylic acids is 1. The maximum absolute atomic E-state index is 13.3. The third-order valence-corrected chi connectivity index (χ3v) is 6.03. The number of aliphatic hydroxyl groups excluding tert-OH is 1. The van der Waals surface area contributed by atoms with Crippen LogP contribution >= 0.6 is 0 Å². The van der Waals surface area contributed by atoms with Crippen LogP contribution in [0, 0.1) is 11.3 Å². The highest BCUT2D eigenvalue weighted by Gasteiger charge is 2.37. The molecule has 3 atom stereocenters. The van der Waals surface area contributed by atoms with Gasteiger partial charge in [-0.2, -0.15) is 5.10 Å². The lowest BCUT2D eigenvalue weighted by molar-refractivity contribution is 0.0841. The van der Waals surface area contributed by atoms with E-state index in [9.17, 15) is 9.90 Å². The molecule has 0 fully saturated rings. The van der Waals surface area contributed by atoms with Gasteiger partial charge in [0.1, 0.15) is 0 Å². The third-order valence-electron chi connectivity index (χ3n) is 6.03. The summed E-state index contributed by atoms with van der Waals surface area (Å²) in [6, 6.07) is -0.355. The van der Waals surface area contributed by atoms with Crippen LogP contribution in [0.1, 0.15) is 88.0 Å². The van der Waals surface area contributed by atoms with Crippen LogP contribution in [0.4, 0.5) is 0 Å². The molecule has 0 aliphatic heterocycles. The molecule has 7 nitrogen and oxygen atoms in total. The Hall–Kier alpha value is -2.28. The largest absolute Gasteiger partial charge is 0.394 e. The lowest BCUT2D eigenvalue weighted by atomic mass is 9.75. The Morgan fingerprint density at radius 2 is 2.03 bits per heavy atom. The van der Waals surface area contributed by atoms with Crippen molar-refractivity contribution >= 4 is 5.91 Å². The standard InChI is InChI=1S/C22H33N5O2/c1-13(2)15-8-7-14(3)18-19(21(29)25-16(12-28)22(4,5)6)26-27(20(15)18)17-11-23-9-10-24-17/h9-11,13-16,28H,7-8,12H2,1-6H3,(H,25,29)/t14-,15?,16-/m1/s1. The van der Waals surface area contributed by atoms with Gasteiger partial charge in [-0.3, -0.25) is 9.78 Å². The maximum atomic E-state index is 13.3. The number of fused-ring (bicyclic) bond motifs is 1. The van der Waals surface area contributed by atoms with E-state index in [1.165, 1.54) is 0 Å². The van der Waals surface area contributed by atoms with E-state index < -0.39 is 0 Å². The molecule has 1 amide bonds. The minimum absolute atomic E-state index is 0.119. The molecule has 3 rings (SSSR count). The van der Waals surface area contributed by atoms with Crippen molar-refractivity contribution < 1.29 is 9.90 Å². The lowest BCUT2D eigenvalue weighted by Crippen LogP contribution is -2.46. The summed E-state index contributed by atoms with van der Waals surface area (Å²) in [6.07, 6.45) is 7.02. The summed E-state index contributed by atoms with van der Waals surface area (Å²) in [5, 5.41) is 17.5. The van der Waals surface area contributed by atoms with Crippen molar-refractivity contribution in [3.63, 3.8) is 0 Å². The first-order valence-corrected chi connectivity index (χ1v) is 10.5. The molecule has 2 heterocycles. The van der Waals surface area contributed by atoms with Gasteiger partial charge in [-0.1, -0.05) is 41.5 Å². The summed E-state index contributed by atoms with van der Waals surface area (Å²) in [5.41, 5.74) is 2.25. The zero-order valence-electron chi connectivity index (χ0n) is 18.3. The van der Waals surface area contributed by atoms with E-state index in [-0.39, 0.29) is 29.9 Å². The second-order valence-electron chi connectivity index (χ2n) is 9.53. The predicted octanol–water partition coefficient (Wildman–Crippen LogP) is 3.44. The van der Waals surface area contributed by atoms with Gasteiger partial charge >= 0.3 is 0 Å². The van der Waals surface area contributed by atoms with Crippen molar-refractivity contribution in [1.29, 1.82) is 0 Å². The first-order chi connectivity index (χ1) is 13.6. The van der Waals surface area contributed by atoms with E-state index in [0.717, 1.165) is 24.1 Å². The topological polar surface area (TPSA) is 92.9 Å². The fourth-order valence-corrected chi connectivity index (χ4v) is 4.15. The first kappa shape index (κ1) is 21.4. The molecular weight excluding hydrogens is 366 g/mol. The highest BCUT2D eigenvalue weighted by Crippen LogP contribution is 2.44. The molecule has 0 bridgehead atoms. The molecule has 1 unspecified atom stereocenters. The zero-order chi connectivity index (χ0) is 21.3. The van der Waals surface area contributed by atoms with Crippen LogP contribution in [-0.4, -0.2) is 43.4 Å². The smallest absolute Gasteiger partial charge is 0.272 e. The van der Waals surface area contributed by atoms with E-state index in [1.54, 1.807) is 18.6 Å². The van der Waals surface area contributed by atoms with Gasteiger partial charge in [0.05, 0.1) is 24.5 Å². The average Bonchev–Trinajstić information content (AvgIpc) is 3.07. The minimum Gasteiger partial charge on any atom is -0.394 e. The molecule has 0 saturated heterocycles.